The number of ether oxygens (including phenoxy) is 1. The summed E-state index contributed by atoms with van der Waals surface area (Å²) in [6.07, 6.45) is 4.64. The molecular weight excluding hydrogens is 443 g/mol. The normalized spacial score (nSPS) is 17.4. The lowest BCUT2D eigenvalue weighted by Crippen LogP contribution is -2.47. The van der Waals surface area contributed by atoms with Crippen LogP contribution in [-0.2, 0) is 11.2 Å². The third-order valence-corrected chi connectivity index (χ3v) is 4.60. The van der Waals surface area contributed by atoms with Gasteiger partial charge in [0.2, 0.25) is 5.91 Å². The summed E-state index contributed by atoms with van der Waals surface area (Å²) in [5.74, 6) is 1.93. The topological polar surface area (TPSA) is 80.0 Å². The lowest BCUT2D eigenvalue weighted by Gasteiger charge is -2.34. The lowest BCUT2D eigenvalue weighted by molar-refractivity contribution is -0.119. The summed E-state index contributed by atoms with van der Waals surface area (Å²) in [4.78, 5) is 17.8. The predicted molar refractivity (Wildman–Crippen MR) is 116 cm³/mol. The van der Waals surface area contributed by atoms with E-state index in [1.165, 1.54) is 5.56 Å². The van der Waals surface area contributed by atoms with E-state index < -0.39 is 0 Å². The maximum atomic E-state index is 11.1. The number of benzene rings is 1. The van der Waals surface area contributed by atoms with Crippen LogP contribution in [0.1, 0.15) is 31.2 Å². The number of methoxy groups -OCH3 is 1. The average molecular weight is 474 g/mol. The van der Waals surface area contributed by atoms with E-state index in [9.17, 15) is 4.79 Å². The number of carbonyl (C=O) groups is 1. The van der Waals surface area contributed by atoms with Crippen molar-refractivity contribution >= 4 is 35.8 Å². The Kier molecular flexibility index (Phi) is 10.4. The smallest absolute Gasteiger partial charge is 0.217 e. The Balaban J connectivity index is 0.00000338. The minimum absolute atomic E-state index is 0. The molecule has 7 heteroatoms. The summed E-state index contributed by atoms with van der Waals surface area (Å²) in [6.45, 7) is 2.70. The number of nitrogens with zero attached hydrogens (tertiary/aromatic N) is 2. The first-order valence-corrected chi connectivity index (χ1v) is 8.99. The van der Waals surface area contributed by atoms with E-state index in [4.69, 9.17) is 10.5 Å². The summed E-state index contributed by atoms with van der Waals surface area (Å²) < 4.78 is 5.18. The van der Waals surface area contributed by atoms with Gasteiger partial charge in [0, 0.05) is 33.1 Å². The third-order valence-electron chi connectivity index (χ3n) is 4.60. The van der Waals surface area contributed by atoms with Crippen molar-refractivity contribution in [3.05, 3.63) is 29.8 Å². The van der Waals surface area contributed by atoms with Gasteiger partial charge in [0.25, 0.3) is 0 Å². The van der Waals surface area contributed by atoms with Crippen molar-refractivity contribution in [2.75, 3.05) is 33.8 Å². The van der Waals surface area contributed by atoms with Gasteiger partial charge in [-0.2, -0.15) is 0 Å². The van der Waals surface area contributed by atoms with Gasteiger partial charge in [-0.15, -0.1) is 24.0 Å². The zero-order chi connectivity index (χ0) is 18.1. The quantitative estimate of drug-likeness (QED) is 0.275. The number of aryl methyl sites for hydroxylation is 1. The number of aliphatic imine (C=N–C) groups is 1. The van der Waals surface area contributed by atoms with Gasteiger partial charge in [-0.3, -0.25) is 9.79 Å². The maximum Gasteiger partial charge on any atom is 0.217 e. The highest BCUT2D eigenvalue weighted by molar-refractivity contribution is 14.0. The number of hydrogen-bond donors (Lipinski definition) is 2. The lowest BCUT2D eigenvalue weighted by atomic mass is 9.95. The van der Waals surface area contributed by atoms with Crippen LogP contribution in [0.15, 0.2) is 29.3 Å². The molecule has 3 N–H and O–H groups in total. The predicted octanol–water partition coefficient (Wildman–Crippen LogP) is 2.41. The molecule has 1 unspecified atom stereocenters. The Morgan fingerprint density at radius 3 is 2.73 bits per heavy atom. The molecule has 2 rings (SSSR count). The van der Waals surface area contributed by atoms with Crippen LogP contribution in [0.2, 0.25) is 0 Å². The molecule has 1 amide bonds. The molecule has 6 nitrogen and oxygen atoms in total. The Morgan fingerprint density at radius 2 is 2.12 bits per heavy atom. The van der Waals surface area contributed by atoms with E-state index >= 15 is 0 Å². The van der Waals surface area contributed by atoms with Crippen LogP contribution in [0.3, 0.4) is 0 Å². The number of likely N-dealkylation sites (tertiary alicyclic amines) is 1. The van der Waals surface area contributed by atoms with Gasteiger partial charge in [-0.05, 0) is 49.3 Å². The monoisotopic (exact) mass is 474 g/mol. The molecule has 0 bridgehead atoms. The highest BCUT2D eigenvalue weighted by Crippen LogP contribution is 2.19. The van der Waals surface area contributed by atoms with Crippen LogP contribution in [0, 0.1) is 5.92 Å². The Hall–Kier alpha value is -1.51. The summed E-state index contributed by atoms with van der Waals surface area (Å²) in [5.41, 5.74) is 6.64. The number of guanidine groups is 1. The van der Waals surface area contributed by atoms with Crippen LogP contribution in [0.4, 0.5) is 0 Å². The van der Waals surface area contributed by atoms with Crippen molar-refractivity contribution in [3.8, 4) is 5.75 Å². The number of rotatable bonds is 7. The minimum atomic E-state index is -0.214. The zero-order valence-electron chi connectivity index (χ0n) is 15.7. The minimum Gasteiger partial charge on any atom is -0.497 e. The summed E-state index contributed by atoms with van der Waals surface area (Å²) >= 11 is 0. The fourth-order valence-corrected chi connectivity index (χ4v) is 3.33. The molecule has 0 aromatic heterocycles. The number of primary amides is 1. The number of nitrogens with one attached hydrogen (secondary N) is 1. The van der Waals surface area contributed by atoms with E-state index in [0.717, 1.165) is 57.0 Å². The zero-order valence-corrected chi connectivity index (χ0v) is 18.1. The highest BCUT2D eigenvalue weighted by atomic mass is 127. The molecule has 1 aromatic carbocycles. The first kappa shape index (κ1) is 22.5. The average Bonchev–Trinajstić information content (AvgIpc) is 2.62. The van der Waals surface area contributed by atoms with E-state index in [1.54, 1.807) is 7.11 Å². The molecule has 0 saturated carbocycles. The largest absolute Gasteiger partial charge is 0.497 e. The first-order valence-electron chi connectivity index (χ1n) is 8.99. The number of amides is 1. The fourth-order valence-electron chi connectivity index (χ4n) is 3.33. The van der Waals surface area contributed by atoms with E-state index in [2.05, 4.69) is 27.3 Å². The van der Waals surface area contributed by atoms with Gasteiger partial charge in [-0.1, -0.05) is 12.1 Å². The van der Waals surface area contributed by atoms with Crippen molar-refractivity contribution < 1.29 is 9.53 Å². The standard InChI is InChI=1S/C19H30N4O2.HI/c1-21-19(23-12-4-6-16(14-23)13-18(20)24)22-11-3-5-15-7-9-17(25-2)10-8-15;/h7-10,16H,3-6,11-14H2,1-2H3,(H2,20,24)(H,21,22);1H. The third kappa shape index (κ3) is 7.39. The summed E-state index contributed by atoms with van der Waals surface area (Å²) in [7, 11) is 3.49. The Bertz CT molecular complexity index is 577. The molecular formula is C19H31IN4O2. The second-order valence-corrected chi connectivity index (χ2v) is 6.55. The van der Waals surface area contributed by atoms with Gasteiger partial charge in [-0.25, -0.2) is 0 Å². The Labute approximate surface area is 173 Å². The Morgan fingerprint density at radius 1 is 1.38 bits per heavy atom. The molecule has 1 atom stereocenters. The van der Waals surface area contributed by atoms with Crippen LogP contribution < -0.4 is 15.8 Å². The van der Waals surface area contributed by atoms with E-state index in [1.807, 2.05) is 19.2 Å². The molecule has 0 radical (unpaired) electrons. The number of piperidine rings is 1. The number of halogens is 1. The second-order valence-electron chi connectivity index (χ2n) is 6.55. The van der Waals surface area contributed by atoms with Crippen LogP contribution >= 0.6 is 24.0 Å². The van der Waals surface area contributed by atoms with Crippen molar-refractivity contribution in [1.82, 2.24) is 10.2 Å². The molecule has 146 valence electrons. The molecule has 1 aliphatic heterocycles. The molecule has 0 aliphatic carbocycles. The SMILES string of the molecule is CN=C(NCCCc1ccc(OC)cc1)N1CCCC(CC(N)=O)C1.I. The molecule has 26 heavy (non-hydrogen) atoms. The number of carbonyl (C=O) groups excluding carboxylic acids is 1. The van der Waals surface area contributed by atoms with Crippen molar-refractivity contribution in [1.29, 1.82) is 0 Å². The summed E-state index contributed by atoms with van der Waals surface area (Å²) in [5, 5.41) is 3.44. The van der Waals surface area contributed by atoms with Gasteiger partial charge < -0.3 is 20.7 Å². The second kappa shape index (κ2) is 12.0. The first-order chi connectivity index (χ1) is 12.1. The molecule has 1 fully saturated rings. The molecule has 1 heterocycles. The summed E-state index contributed by atoms with van der Waals surface area (Å²) in [6, 6.07) is 8.20. The van der Waals surface area contributed by atoms with Gasteiger partial charge in [0.15, 0.2) is 5.96 Å². The van der Waals surface area contributed by atoms with Gasteiger partial charge >= 0.3 is 0 Å². The maximum absolute atomic E-state index is 11.1. The molecule has 1 saturated heterocycles. The molecule has 0 spiro atoms. The van der Waals surface area contributed by atoms with Crippen molar-refractivity contribution in [2.45, 2.75) is 32.1 Å². The van der Waals surface area contributed by atoms with E-state index in [0.29, 0.717) is 12.3 Å². The van der Waals surface area contributed by atoms with Gasteiger partial charge in [0.1, 0.15) is 5.75 Å². The highest BCUT2D eigenvalue weighted by Gasteiger charge is 2.23. The van der Waals surface area contributed by atoms with Crippen LogP contribution in [0.25, 0.3) is 0 Å². The van der Waals surface area contributed by atoms with E-state index in [-0.39, 0.29) is 29.9 Å². The van der Waals surface area contributed by atoms with Crippen molar-refractivity contribution in [2.24, 2.45) is 16.6 Å². The molecule has 1 aliphatic rings. The van der Waals surface area contributed by atoms with Crippen LogP contribution in [-0.4, -0.2) is 50.6 Å². The van der Waals surface area contributed by atoms with Gasteiger partial charge in [0.05, 0.1) is 7.11 Å². The number of nitrogens with two attached hydrogens (primary N) is 1. The van der Waals surface area contributed by atoms with Crippen LogP contribution in [0.5, 0.6) is 5.75 Å². The fraction of sp³-hybridized carbons (Fsp3) is 0.579. The van der Waals surface area contributed by atoms with Crippen molar-refractivity contribution in [3.63, 3.8) is 0 Å². The molecule has 1 aromatic rings. The number of hydrogen-bond acceptors (Lipinski definition) is 3.